The lowest BCUT2D eigenvalue weighted by molar-refractivity contribution is -0.142. The molecule has 1 aliphatic carbocycles. The van der Waals surface area contributed by atoms with Crippen molar-refractivity contribution in [3.63, 3.8) is 0 Å². The molecule has 9 rings (SSSR count). The third-order valence-corrected chi connectivity index (χ3v) is 15.2. The number of ether oxygens (including phenoxy) is 2. The number of ketones is 1. The molecule has 3 aliphatic heterocycles. The lowest BCUT2D eigenvalue weighted by atomic mass is 9.76. The van der Waals surface area contributed by atoms with E-state index in [1.165, 1.54) is 12.1 Å². The van der Waals surface area contributed by atoms with Gasteiger partial charge in [-0.1, -0.05) is 19.3 Å². The highest BCUT2D eigenvalue weighted by Crippen LogP contribution is 2.35. The van der Waals surface area contributed by atoms with Crippen LogP contribution in [-0.2, 0) is 27.5 Å². The number of piperidine rings is 1. The number of hydrogen-bond acceptors (Lipinski definition) is 12. The first kappa shape index (κ1) is 45.8. The van der Waals surface area contributed by atoms with E-state index in [1.807, 2.05) is 35.4 Å². The summed E-state index contributed by atoms with van der Waals surface area (Å²) < 4.78 is 35.5. The molecule has 1 N–H and O–H groups in total. The van der Waals surface area contributed by atoms with Crippen LogP contribution in [0.3, 0.4) is 0 Å². The molecule has 0 radical (unpaired) electrons. The van der Waals surface area contributed by atoms with Crippen molar-refractivity contribution < 1.29 is 37.6 Å². The van der Waals surface area contributed by atoms with Crippen molar-refractivity contribution in [3.05, 3.63) is 71.3 Å². The first-order valence-electron chi connectivity index (χ1n) is 23.8. The second kappa shape index (κ2) is 20.6. The predicted molar refractivity (Wildman–Crippen MR) is 248 cm³/mol. The minimum absolute atomic E-state index is 0.00582. The van der Waals surface area contributed by atoms with Gasteiger partial charge in [0, 0.05) is 81.3 Å². The van der Waals surface area contributed by atoms with Crippen molar-refractivity contribution in [2.75, 3.05) is 59.5 Å². The van der Waals surface area contributed by atoms with Gasteiger partial charge in [0.05, 0.1) is 28.8 Å². The van der Waals surface area contributed by atoms with Crippen molar-refractivity contribution >= 4 is 56.0 Å². The van der Waals surface area contributed by atoms with Crippen LogP contribution >= 0.6 is 11.3 Å². The molecule has 17 heteroatoms. The third kappa shape index (κ3) is 10.3. The van der Waals surface area contributed by atoms with E-state index in [0.717, 1.165) is 86.8 Å². The highest BCUT2D eigenvalue weighted by Gasteiger charge is 2.38. The number of amides is 3. The van der Waals surface area contributed by atoms with Gasteiger partial charge in [-0.2, -0.15) is 0 Å². The minimum atomic E-state index is -0.434. The Morgan fingerprint density at radius 1 is 0.909 bits per heavy atom. The average Bonchev–Trinajstić information content (AvgIpc) is 4.18. The molecule has 0 spiro atoms. The molecule has 5 aromatic rings. The number of piperazine rings is 1. The fourth-order valence-electron chi connectivity index (χ4n) is 10.4. The predicted octanol–water partition coefficient (Wildman–Crippen LogP) is 6.54. The monoisotopic (exact) mass is 924 g/mol. The quantitative estimate of drug-likeness (QED) is 0.115. The smallest absolute Gasteiger partial charge is 0.270 e. The number of likely N-dealkylation sites (N-methyl/N-ethyl adjacent to an activating group) is 1. The van der Waals surface area contributed by atoms with E-state index >= 15 is 0 Å². The molecule has 3 atom stereocenters. The number of fused-ring (bicyclic) bond motifs is 2. The van der Waals surface area contributed by atoms with Gasteiger partial charge < -0.3 is 38.6 Å². The second-order valence-electron chi connectivity index (χ2n) is 18.5. The summed E-state index contributed by atoms with van der Waals surface area (Å²) in [6.07, 6.45) is 10.7. The van der Waals surface area contributed by atoms with Gasteiger partial charge >= 0.3 is 0 Å². The van der Waals surface area contributed by atoms with Gasteiger partial charge in [-0.15, -0.1) is 11.3 Å². The number of carbonyl (C=O) groups excluding carboxylic acids is 4. The molecule has 1 saturated carbocycles. The largest absolute Gasteiger partial charge is 0.489 e. The van der Waals surface area contributed by atoms with Gasteiger partial charge in [0.2, 0.25) is 11.8 Å². The normalized spacial score (nSPS) is 20.0. The van der Waals surface area contributed by atoms with Crippen LogP contribution in [0.1, 0.15) is 87.4 Å². The molecular formula is C49H61FN8O7S. The lowest BCUT2D eigenvalue weighted by Gasteiger charge is -2.39. The van der Waals surface area contributed by atoms with E-state index in [-0.39, 0.29) is 73.1 Å². The van der Waals surface area contributed by atoms with Gasteiger partial charge in [0.1, 0.15) is 42.3 Å². The van der Waals surface area contributed by atoms with Crippen LogP contribution in [0.5, 0.6) is 11.6 Å². The molecule has 3 saturated heterocycles. The van der Waals surface area contributed by atoms with Crippen molar-refractivity contribution in [3.8, 4) is 11.6 Å². The summed E-state index contributed by atoms with van der Waals surface area (Å²) in [6, 6.07) is 11.2. The van der Waals surface area contributed by atoms with Crippen LogP contribution in [0.2, 0.25) is 0 Å². The lowest BCUT2D eigenvalue weighted by Crippen LogP contribution is -2.53. The maximum absolute atomic E-state index is 14.5. The van der Waals surface area contributed by atoms with Crippen LogP contribution in [0, 0.1) is 17.7 Å². The maximum atomic E-state index is 14.5. The van der Waals surface area contributed by atoms with Crippen LogP contribution < -0.4 is 14.8 Å². The number of rotatable bonds is 16. The molecule has 0 unspecified atom stereocenters. The number of hydrogen-bond donors (Lipinski definition) is 1. The first-order chi connectivity index (χ1) is 32.1. The molecule has 15 nitrogen and oxygen atoms in total. The fourth-order valence-corrected chi connectivity index (χ4v) is 11.2. The van der Waals surface area contributed by atoms with Crippen LogP contribution in [0.15, 0.2) is 58.6 Å². The van der Waals surface area contributed by atoms with Crippen LogP contribution in [0.4, 0.5) is 4.39 Å². The molecule has 1 aromatic carbocycles. The van der Waals surface area contributed by atoms with Crippen LogP contribution in [0.25, 0.3) is 21.1 Å². The van der Waals surface area contributed by atoms with E-state index in [2.05, 4.69) is 20.4 Å². The fraction of sp³-hybridized carbons (Fsp3) is 0.551. The molecule has 4 aliphatic rings. The van der Waals surface area contributed by atoms with Crippen molar-refractivity contribution in [2.45, 2.75) is 102 Å². The summed E-state index contributed by atoms with van der Waals surface area (Å²) in [5, 5.41) is 9.76. The Balaban J connectivity index is 0.791. The van der Waals surface area contributed by atoms with Crippen molar-refractivity contribution in [1.82, 2.24) is 39.6 Å². The SMILES string of the molecule is CN[C@@H](C)C(=O)C[C@H](C(=O)N1CCN(C(=O)c2cc3cc(F)ccc3n2CC(=O)N2CCC[C@H]2COc2cc(CN3CCC(Oc4ccnc5ccsc45)CC3)on2)CC1)C1CCCCC1. The number of halogens is 1. The summed E-state index contributed by atoms with van der Waals surface area (Å²) in [5.74, 6) is 0.923. The van der Waals surface area contributed by atoms with E-state index < -0.39 is 5.82 Å². The summed E-state index contributed by atoms with van der Waals surface area (Å²) in [5.41, 5.74) is 1.84. The summed E-state index contributed by atoms with van der Waals surface area (Å²) in [4.78, 5) is 67.7. The molecule has 66 heavy (non-hydrogen) atoms. The third-order valence-electron chi connectivity index (χ3n) is 14.3. The molecule has 4 fully saturated rings. The Morgan fingerprint density at radius 2 is 1.70 bits per heavy atom. The van der Waals surface area contributed by atoms with Gasteiger partial charge in [-0.3, -0.25) is 29.1 Å². The molecule has 7 heterocycles. The Morgan fingerprint density at radius 3 is 2.48 bits per heavy atom. The summed E-state index contributed by atoms with van der Waals surface area (Å²) in [7, 11) is 1.76. The van der Waals surface area contributed by atoms with Crippen molar-refractivity contribution in [1.29, 1.82) is 0 Å². The number of aromatic nitrogens is 3. The van der Waals surface area contributed by atoms with Gasteiger partial charge in [-0.25, -0.2) is 4.39 Å². The number of benzene rings is 1. The Hall–Kier alpha value is -5.39. The molecule has 0 bridgehead atoms. The van der Waals surface area contributed by atoms with E-state index in [4.69, 9.17) is 14.0 Å². The average molecular weight is 925 g/mol. The van der Waals surface area contributed by atoms with Crippen LogP contribution in [-0.4, -0.2) is 135 Å². The van der Waals surface area contributed by atoms with Gasteiger partial charge in [0.25, 0.3) is 11.8 Å². The highest BCUT2D eigenvalue weighted by molar-refractivity contribution is 7.17. The Bertz CT molecular complexity index is 2500. The zero-order chi connectivity index (χ0) is 45.7. The number of thiophene rings is 1. The molecular weight excluding hydrogens is 864 g/mol. The number of nitrogens with zero attached hydrogens (tertiary/aromatic N) is 7. The van der Waals surface area contributed by atoms with E-state index in [9.17, 15) is 23.6 Å². The zero-order valence-electron chi connectivity index (χ0n) is 38.0. The molecule has 4 aromatic heterocycles. The number of likely N-dealkylation sites (tertiary alicyclic amines) is 2. The Kier molecular flexibility index (Phi) is 14.3. The van der Waals surface area contributed by atoms with Gasteiger partial charge in [0.15, 0.2) is 5.76 Å². The van der Waals surface area contributed by atoms with E-state index in [0.29, 0.717) is 67.5 Å². The zero-order valence-corrected chi connectivity index (χ0v) is 38.8. The summed E-state index contributed by atoms with van der Waals surface area (Å²) >= 11 is 1.64. The molecule has 352 valence electrons. The standard InChI is InChI=1S/C49H61FN8O7S/c1-32(51-2)43(59)28-39(33-7-4-3-5-8-33)48(61)55-20-22-56(23-21-55)49(62)42-26-34-25-35(50)10-11-41(34)58(42)30-46(60)57-17-6-9-36(57)31-63-45-27-38(65-53-45)29-54-18-13-37(14-19-54)64-44-12-16-52-40-15-24-66-47(40)44/h10-12,15-16,24-27,32-33,36-37,39,51H,3-9,13-14,17-23,28-31H2,1-2H3/t32-,36-,39-/m0/s1. The second-order valence-corrected chi connectivity index (χ2v) is 19.4. The molecule has 3 amide bonds. The topological polar surface area (TPSA) is 156 Å². The Labute approximate surface area is 388 Å². The number of pyridine rings is 1. The van der Waals surface area contributed by atoms with Gasteiger partial charge in [-0.05, 0) is 105 Å². The van der Waals surface area contributed by atoms with Crippen molar-refractivity contribution in [2.24, 2.45) is 11.8 Å². The highest BCUT2D eigenvalue weighted by atomic mass is 32.1. The maximum Gasteiger partial charge on any atom is 0.270 e. The van der Waals surface area contributed by atoms with E-state index in [1.54, 1.807) is 51.1 Å². The first-order valence-corrected chi connectivity index (χ1v) is 24.7. The number of carbonyl (C=O) groups is 4. The number of Topliss-reactive ketones (excluding diaryl/α,β-unsaturated/α-hetero) is 1. The minimum Gasteiger partial charge on any atom is -0.489 e. The number of nitrogens with one attached hydrogen (secondary N) is 1. The summed E-state index contributed by atoms with van der Waals surface area (Å²) in [6.45, 7) is 6.14.